The van der Waals surface area contributed by atoms with E-state index in [-0.39, 0.29) is 35.6 Å². The molecule has 0 aliphatic carbocycles. The molecule has 0 bridgehead atoms. The quantitative estimate of drug-likeness (QED) is 0.728. The number of benzene rings is 2. The highest BCUT2D eigenvalue weighted by atomic mass is 35.5. The van der Waals surface area contributed by atoms with Crippen molar-refractivity contribution in [3.8, 4) is 0 Å². The van der Waals surface area contributed by atoms with E-state index in [4.69, 9.17) is 16.3 Å². The second-order valence-corrected chi connectivity index (χ2v) is 7.23. The second kappa shape index (κ2) is 9.05. The number of likely N-dealkylation sites (tertiary alicyclic amines) is 1. The number of halogens is 2. The Morgan fingerprint density at radius 3 is 2.69 bits per heavy atom. The van der Waals surface area contributed by atoms with Crippen molar-refractivity contribution >= 4 is 35.1 Å². The number of anilines is 1. The number of nitrogens with one attached hydrogen (secondary N) is 1. The Morgan fingerprint density at radius 1 is 1.28 bits per heavy atom. The smallest absolute Gasteiger partial charge is 0.311 e. The Hall–Kier alpha value is -2.93. The van der Waals surface area contributed by atoms with Crippen LogP contribution in [0, 0.1) is 11.7 Å². The first kappa shape index (κ1) is 20.8. The number of esters is 1. The number of carbonyl (C=O) groups excluding carboxylic acids is 3. The molecule has 1 fully saturated rings. The molecule has 0 radical (unpaired) electrons. The first-order valence-electron chi connectivity index (χ1n) is 9.11. The van der Waals surface area contributed by atoms with Crippen LogP contribution >= 0.6 is 11.6 Å². The third-order valence-corrected chi connectivity index (χ3v) is 5.08. The fraction of sp³-hybridized carbons (Fsp3) is 0.286. The van der Waals surface area contributed by atoms with Crippen molar-refractivity contribution in [3.63, 3.8) is 0 Å². The third-order valence-electron chi connectivity index (χ3n) is 4.79. The first-order valence-corrected chi connectivity index (χ1v) is 9.49. The zero-order chi connectivity index (χ0) is 21.0. The highest BCUT2D eigenvalue weighted by molar-refractivity contribution is 6.31. The summed E-state index contributed by atoms with van der Waals surface area (Å²) >= 11 is 5.66. The minimum Gasteiger partial charge on any atom is -0.455 e. The number of carbonyl (C=O) groups is 3. The average Bonchev–Trinajstić information content (AvgIpc) is 3.11. The highest BCUT2D eigenvalue weighted by Crippen LogP contribution is 2.29. The van der Waals surface area contributed by atoms with Gasteiger partial charge in [0.15, 0.2) is 6.61 Å². The van der Waals surface area contributed by atoms with E-state index in [9.17, 15) is 18.8 Å². The van der Waals surface area contributed by atoms with E-state index in [1.807, 2.05) is 37.3 Å². The third kappa shape index (κ3) is 5.12. The Bertz CT molecular complexity index is 922. The van der Waals surface area contributed by atoms with Gasteiger partial charge in [-0.1, -0.05) is 41.9 Å². The van der Waals surface area contributed by atoms with Crippen LogP contribution in [0.1, 0.15) is 24.9 Å². The fourth-order valence-electron chi connectivity index (χ4n) is 3.20. The minimum atomic E-state index is -0.623. The monoisotopic (exact) mass is 418 g/mol. The summed E-state index contributed by atoms with van der Waals surface area (Å²) in [5, 5.41) is 2.34. The van der Waals surface area contributed by atoms with Crippen LogP contribution in [-0.2, 0) is 19.1 Å². The number of hydrogen-bond acceptors (Lipinski definition) is 4. The molecule has 0 unspecified atom stereocenters. The van der Waals surface area contributed by atoms with Gasteiger partial charge in [-0.3, -0.25) is 14.4 Å². The molecule has 1 heterocycles. The molecule has 8 heteroatoms. The lowest BCUT2D eigenvalue weighted by Gasteiger charge is -2.25. The lowest BCUT2D eigenvalue weighted by Crippen LogP contribution is -2.30. The molecule has 0 spiro atoms. The molecule has 0 saturated carbocycles. The van der Waals surface area contributed by atoms with E-state index in [1.54, 1.807) is 4.90 Å². The molecule has 152 valence electrons. The van der Waals surface area contributed by atoms with E-state index < -0.39 is 30.2 Å². The number of hydrogen-bond donors (Lipinski definition) is 1. The summed E-state index contributed by atoms with van der Waals surface area (Å²) in [6.07, 6.45) is 0.0468. The van der Waals surface area contributed by atoms with E-state index in [1.165, 1.54) is 12.1 Å². The molecular weight excluding hydrogens is 399 g/mol. The van der Waals surface area contributed by atoms with Gasteiger partial charge >= 0.3 is 5.97 Å². The van der Waals surface area contributed by atoms with E-state index in [0.29, 0.717) is 0 Å². The molecule has 1 saturated heterocycles. The first-order chi connectivity index (χ1) is 13.8. The standard InChI is InChI=1S/C21H20ClFN2O4/c1-13(14-5-3-2-4-6-14)25-11-15(9-20(25)27)21(28)29-12-19(26)24-16-7-8-18(23)17(22)10-16/h2-8,10,13,15H,9,11-12H2,1H3,(H,24,26)/t13-,15-/m1/s1. The molecule has 1 N–H and O–H groups in total. The van der Waals surface area contributed by atoms with E-state index >= 15 is 0 Å². The van der Waals surface area contributed by atoms with Gasteiger partial charge in [-0.25, -0.2) is 4.39 Å². The summed E-state index contributed by atoms with van der Waals surface area (Å²) in [6.45, 7) is 1.64. The number of nitrogens with zero attached hydrogens (tertiary/aromatic N) is 1. The lowest BCUT2D eigenvalue weighted by molar-refractivity contribution is -0.151. The van der Waals surface area contributed by atoms with E-state index in [0.717, 1.165) is 11.6 Å². The van der Waals surface area contributed by atoms with Crippen molar-refractivity contribution in [2.45, 2.75) is 19.4 Å². The van der Waals surface area contributed by atoms with Crippen molar-refractivity contribution in [3.05, 3.63) is 64.9 Å². The van der Waals surface area contributed by atoms with Crippen LogP contribution in [0.5, 0.6) is 0 Å². The number of ether oxygens (including phenoxy) is 1. The Kier molecular flexibility index (Phi) is 6.49. The number of rotatable bonds is 6. The molecule has 1 aliphatic heterocycles. The molecule has 6 nitrogen and oxygen atoms in total. The maximum atomic E-state index is 13.1. The van der Waals surface area contributed by atoms with Gasteiger partial charge in [0.2, 0.25) is 5.91 Å². The van der Waals surface area contributed by atoms with Gasteiger partial charge in [0.05, 0.1) is 17.0 Å². The Labute approximate surface area is 172 Å². The predicted molar refractivity (Wildman–Crippen MR) is 106 cm³/mol. The maximum absolute atomic E-state index is 13.1. The molecule has 2 atom stereocenters. The normalized spacial score (nSPS) is 17.1. The van der Waals surface area contributed by atoms with Gasteiger partial charge < -0.3 is 15.0 Å². The van der Waals surface area contributed by atoms with Crippen LogP contribution in [0.3, 0.4) is 0 Å². The van der Waals surface area contributed by atoms with E-state index in [2.05, 4.69) is 5.32 Å². The molecule has 1 aliphatic rings. The molecule has 29 heavy (non-hydrogen) atoms. The summed E-state index contributed by atoms with van der Waals surface area (Å²) in [4.78, 5) is 38.2. The molecular formula is C21H20ClFN2O4. The minimum absolute atomic E-state index is 0.0468. The van der Waals surface area contributed by atoms with Crippen LogP contribution < -0.4 is 5.32 Å². The van der Waals surface area contributed by atoms with Crippen molar-refractivity contribution in [2.24, 2.45) is 5.92 Å². The molecule has 2 aromatic rings. The van der Waals surface area contributed by atoms with Crippen molar-refractivity contribution in [1.29, 1.82) is 0 Å². The SMILES string of the molecule is C[C@H](c1ccccc1)N1C[C@H](C(=O)OCC(=O)Nc2ccc(F)c(Cl)c2)CC1=O. The average molecular weight is 419 g/mol. The summed E-state index contributed by atoms with van der Waals surface area (Å²) in [7, 11) is 0. The van der Waals surface area contributed by atoms with Gasteiger partial charge in [0.1, 0.15) is 5.82 Å². The van der Waals surface area contributed by atoms with Gasteiger partial charge in [0.25, 0.3) is 5.91 Å². The highest BCUT2D eigenvalue weighted by Gasteiger charge is 2.38. The van der Waals surface area contributed by atoms with Crippen LogP contribution in [-0.4, -0.2) is 35.8 Å². The van der Waals surface area contributed by atoms with Crippen molar-refractivity contribution < 1.29 is 23.5 Å². The summed E-state index contributed by atoms with van der Waals surface area (Å²) in [5.74, 6) is -2.54. The van der Waals surface area contributed by atoms with Gasteiger partial charge in [-0.05, 0) is 30.7 Å². The van der Waals surface area contributed by atoms with Gasteiger partial charge in [0, 0.05) is 18.7 Å². The zero-order valence-corrected chi connectivity index (χ0v) is 16.5. The van der Waals surface area contributed by atoms with Gasteiger partial charge in [-0.15, -0.1) is 0 Å². The van der Waals surface area contributed by atoms with Crippen LogP contribution in [0.2, 0.25) is 5.02 Å². The molecule has 3 rings (SSSR count). The predicted octanol–water partition coefficient (Wildman–Crippen LogP) is 3.57. The lowest BCUT2D eigenvalue weighted by atomic mass is 10.1. The number of amides is 2. The topological polar surface area (TPSA) is 75.7 Å². The van der Waals surface area contributed by atoms with Crippen LogP contribution in [0.4, 0.5) is 10.1 Å². The molecule has 2 amide bonds. The summed E-state index contributed by atoms with van der Waals surface area (Å²) in [5.41, 5.74) is 1.27. The Morgan fingerprint density at radius 2 is 2.00 bits per heavy atom. The molecule has 0 aromatic heterocycles. The van der Waals surface area contributed by atoms with Gasteiger partial charge in [-0.2, -0.15) is 0 Å². The molecule has 2 aromatic carbocycles. The zero-order valence-electron chi connectivity index (χ0n) is 15.7. The maximum Gasteiger partial charge on any atom is 0.311 e. The van der Waals surface area contributed by atoms with Crippen LogP contribution in [0.25, 0.3) is 0 Å². The fourth-order valence-corrected chi connectivity index (χ4v) is 3.38. The largest absolute Gasteiger partial charge is 0.455 e. The summed E-state index contributed by atoms with van der Waals surface area (Å²) in [6, 6.07) is 13.1. The second-order valence-electron chi connectivity index (χ2n) is 6.82. The van der Waals surface area contributed by atoms with Crippen molar-refractivity contribution in [1.82, 2.24) is 4.90 Å². The van der Waals surface area contributed by atoms with Crippen LogP contribution in [0.15, 0.2) is 48.5 Å². The Balaban J connectivity index is 1.51. The summed E-state index contributed by atoms with van der Waals surface area (Å²) < 4.78 is 18.2. The van der Waals surface area contributed by atoms with Crippen molar-refractivity contribution in [2.75, 3.05) is 18.5 Å².